The van der Waals surface area contributed by atoms with E-state index in [2.05, 4.69) is 0 Å². The quantitative estimate of drug-likeness (QED) is 0.584. The minimum absolute atomic E-state index is 0.0806. The highest BCUT2D eigenvalue weighted by molar-refractivity contribution is 5.95. The maximum atomic E-state index is 13.5. The summed E-state index contributed by atoms with van der Waals surface area (Å²) in [5.41, 5.74) is 1.79. The van der Waals surface area contributed by atoms with Crippen molar-refractivity contribution >= 4 is 5.91 Å². The molecule has 0 spiro atoms. The molecule has 0 aromatic heterocycles. The number of phenolic OH excluding ortho intramolecular Hbond substituents is 1. The number of alkyl halides is 3. The van der Waals surface area contributed by atoms with Crippen LogP contribution in [0.5, 0.6) is 17.2 Å². The van der Waals surface area contributed by atoms with E-state index in [4.69, 9.17) is 9.47 Å². The third-order valence-corrected chi connectivity index (χ3v) is 5.79. The molecule has 1 heterocycles. The molecular weight excluding hydrogens is 435 g/mol. The molecule has 172 valence electrons. The Morgan fingerprint density at radius 2 is 1.67 bits per heavy atom. The molecule has 0 saturated heterocycles. The van der Waals surface area contributed by atoms with Gasteiger partial charge >= 0.3 is 6.18 Å². The molecule has 1 atom stereocenters. The molecule has 0 aliphatic carbocycles. The van der Waals surface area contributed by atoms with Crippen LogP contribution in [0.2, 0.25) is 0 Å². The first-order valence-corrected chi connectivity index (χ1v) is 10.2. The highest BCUT2D eigenvalue weighted by Gasteiger charge is 2.36. The maximum Gasteiger partial charge on any atom is 0.416 e. The number of ether oxygens (including phenoxy) is 2. The summed E-state index contributed by atoms with van der Waals surface area (Å²) in [6.45, 7) is 0.342. The smallest absolute Gasteiger partial charge is 0.416 e. The van der Waals surface area contributed by atoms with Crippen molar-refractivity contribution in [2.45, 2.75) is 18.6 Å². The van der Waals surface area contributed by atoms with Crippen LogP contribution in [0.4, 0.5) is 13.2 Å². The predicted octanol–water partition coefficient (Wildman–Crippen LogP) is 5.22. The molecule has 0 fully saturated rings. The largest absolute Gasteiger partial charge is 0.508 e. The number of hydrogen-bond donors (Lipinski definition) is 1. The van der Waals surface area contributed by atoms with Crippen molar-refractivity contribution in [3.63, 3.8) is 0 Å². The number of aromatic hydroxyl groups is 1. The number of hydrogen-bond acceptors (Lipinski definition) is 4. The highest BCUT2D eigenvalue weighted by Crippen LogP contribution is 2.43. The van der Waals surface area contributed by atoms with E-state index >= 15 is 0 Å². The van der Waals surface area contributed by atoms with Crippen LogP contribution in [0.1, 0.15) is 38.7 Å². The highest BCUT2D eigenvalue weighted by atomic mass is 19.4. The van der Waals surface area contributed by atoms with Gasteiger partial charge in [0.15, 0.2) is 0 Å². The van der Waals surface area contributed by atoms with Crippen molar-refractivity contribution in [3.05, 3.63) is 88.5 Å². The summed E-state index contributed by atoms with van der Waals surface area (Å²) in [5, 5.41) is 9.75. The number of phenols is 1. The van der Waals surface area contributed by atoms with E-state index < -0.39 is 23.7 Å². The number of nitrogens with zero attached hydrogens (tertiary/aromatic N) is 1. The van der Waals surface area contributed by atoms with E-state index in [1.54, 1.807) is 30.2 Å². The van der Waals surface area contributed by atoms with E-state index in [1.807, 2.05) is 6.07 Å². The first-order valence-electron chi connectivity index (χ1n) is 10.2. The normalized spacial score (nSPS) is 15.7. The van der Waals surface area contributed by atoms with E-state index in [1.165, 1.54) is 31.4 Å². The van der Waals surface area contributed by atoms with Gasteiger partial charge in [0, 0.05) is 23.7 Å². The molecule has 1 aliphatic heterocycles. The summed E-state index contributed by atoms with van der Waals surface area (Å²) in [5.74, 6) is 0.840. The Morgan fingerprint density at radius 1 is 1.00 bits per heavy atom. The monoisotopic (exact) mass is 457 g/mol. The molecule has 1 unspecified atom stereocenters. The number of carbonyl (C=O) groups is 1. The van der Waals surface area contributed by atoms with Gasteiger partial charge in [-0.3, -0.25) is 4.79 Å². The minimum Gasteiger partial charge on any atom is -0.508 e. The fourth-order valence-electron chi connectivity index (χ4n) is 4.18. The lowest BCUT2D eigenvalue weighted by atomic mass is 9.86. The molecule has 5 nitrogen and oxygen atoms in total. The molecule has 3 aromatic rings. The van der Waals surface area contributed by atoms with Gasteiger partial charge in [-0.25, -0.2) is 0 Å². The van der Waals surface area contributed by atoms with Gasteiger partial charge in [0.1, 0.15) is 17.2 Å². The molecule has 1 aliphatic rings. The SMILES string of the molecule is COc1cc2c(c(OC)c1)C(c1ccc(O)cc1)N(C(=O)c1ccc(C(F)(F)F)cc1)CC2. The van der Waals surface area contributed by atoms with Crippen LogP contribution in [-0.4, -0.2) is 36.7 Å². The maximum absolute atomic E-state index is 13.5. The number of fused-ring (bicyclic) bond motifs is 1. The predicted molar refractivity (Wildman–Crippen MR) is 116 cm³/mol. The van der Waals surface area contributed by atoms with Crippen LogP contribution in [0.25, 0.3) is 0 Å². The van der Waals surface area contributed by atoms with Crippen molar-refractivity contribution in [1.29, 1.82) is 0 Å². The topological polar surface area (TPSA) is 59.0 Å². The number of methoxy groups -OCH3 is 2. The lowest BCUT2D eigenvalue weighted by Gasteiger charge is -2.38. The van der Waals surface area contributed by atoms with E-state index in [-0.39, 0.29) is 11.3 Å². The zero-order valence-corrected chi connectivity index (χ0v) is 18.0. The third kappa shape index (κ3) is 4.33. The number of benzene rings is 3. The summed E-state index contributed by atoms with van der Waals surface area (Å²) in [6.07, 6.45) is -3.96. The second-order valence-electron chi connectivity index (χ2n) is 7.72. The third-order valence-electron chi connectivity index (χ3n) is 5.79. The fraction of sp³-hybridized carbons (Fsp3) is 0.240. The van der Waals surface area contributed by atoms with Crippen molar-refractivity contribution in [2.24, 2.45) is 0 Å². The molecule has 33 heavy (non-hydrogen) atoms. The van der Waals surface area contributed by atoms with Gasteiger partial charge in [-0.2, -0.15) is 13.2 Å². The standard InChI is InChI=1S/C25H22F3NO4/c1-32-20-13-17-11-12-29(24(31)16-3-7-18(8-4-16)25(26,27)28)23(22(17)21(14-20)33-2)15-5-9-19(30)10-6-15/h3-10,13-14,23,30H,11-12H2,1-2H3. The van der Waals surface area contributed by atoms with Crippen molar-refractivity contribution in [3.8, 4) is 17.2 Å². The Balaban J connectivity index is 1.81. The summed E-state index contributed by atoms with van der Waals surface area (Å²) < 4.78 is 49.9. The second-order valence-corrected chi connectivity index (χ2v) is 7.72. The van der Waals surface area contributed by atoms with Crippen LogP contribution < -0.4 is 9.47 Å². The van der Waals surface area contributed by atoms with Crippen LogP contribution in [0.3, 0.4) is 0 Å². The van der Waals surface area contributed by atoms with E-state index in [0.717, 1.165) is 28.8 Å². The number of amides is 1. The van der Waals surface area contributed by atoms with Gasteiger partial charge in [0.05, 0.1) is 25.8 Å². The van der Waals surface area contributed by atoms with Gasteiger partial charge in [0.25, 0.3) is 5.91 Å². The average molecular weight is 457 g/mol. The van der Waals surface area contributed by atoms with E-state index in [9.17, 15) is 23.1 Å². The molecule has 1 amide bonds. The van der Waals surface area contributed by atoms with Gasteiger partial charge in [0.2, 0.25) is 0 Å². The average Bonchev–Trinajstić information content (AvgIpc) is 2.82. The lowest BCUT2D eigenvalue weighted by molar-refractivity contribution is -0.137. The summed E-state index contributed by atoms with van der Waals surface area (Å²) >= 11 is 0. The number of halogens is 3. The summed E-state index contributed by atoms with van der Waals surface area (Å²) in [6, 6.07) is 13.8. The van der Waals surface area contributed by atoms with Crippen LogP contribution in [0.15, 0.2) is 60.7 Å². The molecule has 0 saturated carbocycles. The van der Waals surface area contributed by atoms with Crippen LogP contribution in [0, 0.1) is 0 Å². The van der Waals surface area contributed by atoms with Gasteiger partial charge in [-0.15, -0.1) is 0 Å². The zero-order valence-electron chi connectivity index (χ0n) is 18.0. The Labute approximate surface area is 189 Å². The van der Waals surface area contributed by atoms with E-state index in [0.29, 0.717) is 24.5 Å². The Kier molecular flexibility index (Phi) is 5.93. The molecule has 8 heteroatoms. The molecule has 0 radical (unpaired) electrons. The molecule has 1 N–H and O–H groups in total. The first kappa shape index (κ1) is 22.5. The first-order chi connectivity index (χ1) is 15.7. The molecule has 0 bridgehead atoms. The number of rotatable bonds is 4. The lowest BCUT2D eigenvalue weighted by Crippen LogP contribution is -2.40. The van der Waals surface area contributed by atoms with Gasteiger partial charge in [-0.1, -0.05) is 12.1 Å². The minimum atomic E-state index is -4.48. The molecule has 4 rings (SSSR count). The summed E-state index contributed by atoms with van der Waals surface area (Å²) in [7, 11) is 3.08. The Morgan fingerprint density at radius 3 is 2.24 bits per heavy atom. The number of carbonyl (C=O) groups excluding carboxylic acids is 1. The Hall–Kier alpha value is -3.68. The van der Waals surface area contributed by atoms with Gasteiger partial charge < -0.3 is 19.5 Å². The fourth-order valence-corrected chi connectivity index (χ4v) is 4.18. The van der Waals surface area contributed by atoms with Crippen LogP contribution >= 0.6 is 0 Å². The van der Waals surface area contributed by atoms with Crippen molar-refractivity contribution in [2.75, 3.05) is 20.8 Å². The second kappa shape index (κ2) is 8.69. The van der Waals surface area contributed by atoms with Crippen molar-refractivity contribution in [1.82, 2.24) is 4.90 Å². The zero-order chi connectivity index (χ0) is 23.8. The molecule has 3 aromatic carbocycles. The summed E-state index contributed by atoms with van der Waals surface area (Å²) in [4.78, 5) is 15.1. The molecular formula is C25H22F3NO4. The van der Waals surface area contributed by atoms with Crippen molar-refractivity contribution < 1.29 is 32.5 Å². The van der Waals surface area contributed by atoms with Crippen LogP contribution in [-0.2, 0) is 12.6 Å². The Bertz CT molecular complexity index is 1140. The van der Waals surface area contributed by atoms with Gasteiger partial charge in [-0.05, 0) is 60.0 Å².